The summed E-state index contributed by atoms with van der Waals surface area (Å²) in [6.45, 7) is 2.30. The number of hydrogen-bond donors (Lipinski definition) is 2. The second-order valence-corrected chi connectivity index (χ2v) is 5.01. The Kier molecular flexibility index (Phi) is 2.73. The van der Waals surface area contributed by atoms with Crippen molar-refractivity contribution < 1.29 is 9.90 Å². The lowest BCUT2D eigenvalue weighted by Gasteiger charge is -2.31. The van der Waals surface area contributed by atoms with Crippen LogP contribution in [0.2, 0.25) is 0 Å². The number of hydrogen-bond acceptors (Lipinski definition) is 3. The van der Waals surface area contributed by atoms with Gasteiger partial charge in [-0.15, -0.1) is 0 Å². The van der Waals surface area contributed by atoms with E-state index < -0.39 is 5.54 Å². The van der Waals surface area contributed by atoms with Crippen LogP contribution in [0.15, 0.2) is 0 Å². The van der Waals surface area contributed by atoms with Crippen LogP contribution in [0.1, 0.15) is 32.6 Å². The molecule has 0 aromatic carbocycles. The van der Waals surface area contributed by atoms with Crippen LogP contribution in [-0.2, 0) is 4.79 Å². The molecule has 1 atom stereocenters. The number of aliphatic hydroxyl groups excluding tert-OH is 1. The molecule has 0 aromatic rings. The Morgan fingerprint density at radius 3 is 2.47 bits per heavy atom. The minimum Gasteiger partial charge on any atom is -0.395 e. The lowest BCUT2D eigenvalue weighted by molar-refractivity contribution is -0.138. The normalized spacial score (nSPS) is 24.7. The van der Waals surface area contributed by atoms with E-state index in [9.17, 15) is 4.79 Å². The fourth-order valence-corrected chi connectivity index (χ4v) is 2.11. The molecule has 0 heterocycles. The average molecular weight is 212 g/mol. The molecule has 0 spiro atoms. The first-order valence-electron chi connectivity index (χ1n) is 5.78. The first kappa shape index (κ1) is 10.9. The van der Waals surface area contributed by atoms with E-state index in [0.717, 1.165) is 25.7 Å². The molecule has 2 saturated carbocycles. The maximum atomic E-state index is 12.2. The Morgan fingerprint density at radius 1 is 1.47 bits per heavy atom. The molecule has 0 radical (unpaired) electrons. The fraction of sp³-hybridized carbons (Fsp3) is 0.909. The van der Waals surface area contributed by atoms with Gasteiger partial charge in [0.15, 0.2) is 0 Å². The van der Waals surface area contributed by atoms with Gasteiger partial charge in [-0.3, -0.25) is 4.79 Å². The third-order valence-electron chi connectivity index (χ3n) is 3.48. The van der Waals surface area contributed by atoms with Gasteiger partial charge < -0.3 is 15.7 Å². The monoisotopic (exact) mass is 212 g/mol. The molecule has 2 rings (SSSR count). The molecule has 4 nitrogen and oxygen atoms in total. The van der Waals surface area contributed by atoms with Crippen molar-refractivity contribution in [3.05, 3.63) is 0 Å². The topological polar surface area (TPSA) is 66.6 Å². The molecule has 15 heavy (non-hydrogen) atoms. The molecule has 0 aliphatic heterocycles. The summed E-state index contributed by atoms with van der Waals surface area (Å²) in [4.78, 5) is 14.0. The van der Waals surface area contributed by atoms with Crippen molar-refractivity contribution in [3.63, 3.8) is 0 Å². The SMILES string of the molecule is CC(N)(C(=O)N(CCO)C1CC1)C1CC1. The van der Waals surface area contributed by atoms with Gasteiger partial charge in [0.1, 0.15) is 0 Å². The molecule has 0 saturated heterocycles. The number of nitrogens with zero attached hydrogens (tertiary/aromatic N) is 1. The summed E-state index contributed by atoms with van der Waals surface area (Å²) in [6, 6.07) is 0.339. The lowest BCUT2D eigenvalue weighted by Crippen LogP contribution is -2.56. The first-order valence-corrected chi connectivity index (χ1v) is 5.78. The number of nitrogens with two attached hydrogens (primary N) is 1. The summed E-state index contributed by atoms with van der Waals surface area (Å²) in [5, 5.41) is 8.95. The molecule has 3 N–H and O–H groups in total. The average Bonchev–Trinajstić information content (AvgIpc) is 3.06. The quantitative estimate of drug-likeness (QED) is 0.679. The highest BCUT2D eigenvalue weighted by Gasteiger charge is 2.48. The molecular formula is C11H20N2O2. The predicted octanol–water partition coefficient (Wildman–Crippen LogP) is 0.0971. The molecule has 2 aliphatic rings. The molecule has 1 amide bonds. The van der Waals surface area contributed by atoms with E-state index in [-0.39, 0.29) is 12.5 Å². The predicted molar refractivity (Wildman–Crippen MR) is 57.1 cm³/mol. The van der Waals surface area contributed by atoms with E-state index in [1.807, 2.05) is 6.92 Å². The van der Waals surface area contributed by atoms with E-state index in [4.69, 9.17) is 10.8 Å². The minimum atomic E-state index is -0.711. The van der Waals surface area contributed by atoms with Gasteiger partial charge >= 0.3 is 0 Å². The van der Waals surface area contributed by atoms with Crippen LogP contribution < -0.4 is 5.73 Å². The highest BCUT2D eigenvalue weighted by molar-refractivity contribution is 5.87. The molecule has 2 fully saturated rings. The summed E-state index contributed by atoms with van der Waals surface area (Å²) in [7, 11) is 0. The van der Waals surface area contributed by atoms with Gasteiger partial charge in [-0.05, 0) is 38.5 Å². The Bertz CT molecular complexity index is 257. The Labute approximate surface area is 90.4 Å². The van der Waals surface area contributed by atoms with Gasteiger partial charge in [-0.2, -0.15) is 0 Å². The van der Waals surface area contributed by atoms with Crippen LogP contribution in [0.4, 0.5) is 0 Å². The molecule has 0 bridgehead atoms. The summed E-state index contributed by atoms with van der Waals surface area (Å²) in [6.07, 6.45) is 4.26. The molecule has 2 aliphatic carbocycles. The number of rotatable bonds is 5. The zero-order valence-electron chi connectivity index (χ0n) is 9.28. The summed E-state index contributed by atoms with van der Waals surface area (Å²) in [5.74, 6) is 0.381. The van der Waals surface area contributed by atoms with E-state index >= 15 is 0 Å². The maximum Gasteiger partial charge on any atom is 0.242 e. The highest BCUT2D eigenvalue weighted by Crippen LogP contribution is 2.40. The Morgan fingerprint density at radius 2 is 2.07 bits per heavy atom. The Balaban J connectivity index is 2.02. The third-order valence-corrected chi connectivity index (χ3v) is 3.48. The van der Waals surface area contributed by atoms with E-state index in [2.05, 4.69) is 0 Å². The van der Waals surface area contributed by atoms with Crippen molar-refractivity contribution in [2.24, 2.45) is 11.7 Å². The van der Waals surface area contributed by atoms with Crippen LogP contribution in [-0.4, -0.2) is 40.6 Å². The van der Waals surface area contributed by atoms with Gasteiger partial charge in [0.2, 0.25) is 5.91 Å². The van der Waals surface area contributed by atoms with E-state index in [1.165, 1.54) is 0 Å². The van der Waals surface area contributed by atoms with Gasteiger partial charge in [-0.25, -0.2) is 0 Å². The van der Waals surface area contributed by atoms with Crippen LogP contribution in [0.5, 0.6) is 0 Å². The number of carbonyl (C=O) groups excluding carboxylic acids is 1. The third kappa shape index (κ3) is 2.16. The second-order valence-electron chi connectivity index (χ2n) is 5.01. The van der Waals surface area contributed by atoms with E-state index in [0.29, 0.717) is 18.5 Å². The van der Waals surface area contributed by atoms with Gasteiger partial charge in [0.05, 0.1) is 12.1 Å². The van der Waals surface area contributed by atoms with Crippen molar-refractivity contribution in [3.8, 4) is 0 Å². The summed E-state index contributed by atoms with van der Waals surface area (Å²) >= 11 is 0. The number of amides is 1. The molecule has 4 heteroatoms. The molecule has 1 unspecified atom stereocenters. The van der Waals surface area contributed by atoms with Crippen LogP contribution >= 0.6 is 0 Å². The minimum absolute atomic E-state index is 0.0292. The number of aliphatic hydroxyl groups is 1. The zero-order valence-corrected chi connectivity index (χ0v) is 9.28. The first-order chi connectivity index (χ1) is 7.07. The van der Waals surface area contributed by atoms with Crippen molar-refractivity contribution >= 4 is 5.91 Å². The second kappa shape index (κ2) is 3.76. The largest absolute Gasteiger partial charge is 0.395 e. The van der Waals surface area contributed by atoms with Crippen LogP contribution in [0.3, 0.4) is 0 Å². The van der Waals surface area contributed by atoms with Gasteiger partial charge in [-0.1, -0.05) is 0 Å². The summed E-state index contributed by atoms with van der Waals surface area (Å²) in [5.41, 5.74) is 5.38. The molecular weight excluding hydrogens is 192 g/mol. The van der Waals surface area contributed by atoms with E-state index in [1.54, 1.807) is 4.90 Å². The summed E-state index contributed by atoms with van der Waals surface area (Å²) < 4.78 is 0. The smallest absolute Gasteiger partial charge is 0.242 e. The molecule has 86 valence electrons. The standard InChI is InChI=1S/C11H20N2O2/c1-11(12,8-2-3-8)10(15)13(6-7-14)9-4-5-9/h8-9,14H,2-7,12H2,1H3. The number of carbonyl (C=O) groups is 1. The molecule has 0 aromatic heterocycles. The fourth-order valence-electron chi connectivity index (χ4n) is 2.11. The van der Waals surface area contributed by atoms with Crippen LogP contribution in [0.25, 0.3) is 0 Å². The van der Waals surface area contributed by atoms with Crippen molar-refractivity contribution in [1.82, 2.24) is 4.90 Å². The zero-order chi connectivity index (χ0) is 11.1. The van der Waals surface area contributed by atoms with Crippen molar-refractivity contribution in [2.75, 3.05) is 13.2 Å². The van der Waals surface area contributed by atoms with Crippen molar-refractivity contribution in [1.29, 1.82) is 0 Å². The van der Waals surface area contributed by atoms with Gasteiger partial charge in [0, 0.05) is 12.6 Å². The van der Waals surface area contributed by atoms with Crippen molar-refractivity contribution in [2.45, 2.75) is 44.2 Å². The highest BCUT2D eigenvalue weighted by atomic mass is 16.3. The van der Waals surface area contributed by atoms with Crippen LogP contribution in [0, 0.1) is 5.92 Å². The Hall–Kier alpha value is -0.610. The lowest BCUT2D eigenvalue weighted by atomic mass is 9.95. The maximum absolute atomic E-state index is 12.2. The van der Waals surface area contributed by atoms with Gasteiger partial charge in [0.25, 0.3) is 0 Å².